The second kappa shape index (κ2) is 11.5. The lowest BCUT2D eigenvalue weighted by Gasteiger charge is -2.19. The van der Waals surface area contributed by atoms with Crippen LogP contribution in [0.15, 0.2) is 27.7 Å². The van der Waals surface area contributed by atoms with Crippen molar-refractivity contribution in [2.75, 3.05) is 20.2 Å². The fraction of sp³-hybridized carbons (Fsp3) is 0.545. The number of hydrogen-bond acceptors (Lipinski definition) is 4. The van der Waals surface area contributed by atoms with Gasteiger partial charge in [0.1, 0.15) is 5.76 Å². The summed E-state index contributed by atoms with van der Waals surface area (Å²) in [6.07, 6.45) is 4.20. The minimum atomic E-state index is -0.320. The van der Waals surface area contributed by atoms with Crippen LogP contribution in [0, 0.1) is 25.6 Å². The highest BCUT2D eigenvalue weighted by Crippen LogP contribution is 2.30. The van der Waals surface area contributed by atoms with Crippen LogP contribution in [0.25, 0.3) is 0 Å². The zero-order valence-corrected chi connectivity index (χ0v) is 20.5. The standard InChI is InChI=1S/C22H31FN4O2.HI/c1-14(18-9-10-21(20(23)12-18)28-13-17-7-8-17)26-22(24-4)25-11-5-6-19-15(2)27-29-16(19)3;/h9-10,12,14,17H,5-8,11,13H2,1-4H3,(H2,24,25,26);1H. The van der Waals surface area contributed by atoms with Gasteiger partial charge in [0, 0.05) is 19.2 Å². The van der Waals surface area contributed by atoms with E-state index in [1.165, 1.54) is 24.5 Å². The second-order valence-corrected chi connectivity index (χ2v) is 7.72. The van der Waals surface area contributed by atoms with Crippen molar-refractivity contribution < 1.29 is 13.7 Å². The minimum absolute atomic E-state index is 0. The third-order valence-corrected chi connectivity index (χ3v) is 5.28. The Balaban J connectivity index is 0.00000320. The molecule has 0 aliphatic heterocycles. The van der Waals surface area contributed by atoms with Gasteiger partial charge < -0.3 is 19.9 Å². The van der Waals surface area contributed by atoms with Crippen molar-refractivity contribution in [3.63, 3.8) is 0 Å². The number of nitrogens with zero attached hydrogens (tertiary/aromatic N) is 2. The molecule has 0 spiro atoms. The first-order valence-corrected chi connectivity index (χ1v) is 10.3. The summed E-state index contributed by atoms with van der Waals surface area (Å²) in [5.74, 6) is 2.17. The van der Waals surface area contributed by atoms with Gasteiger partial charge in [0.15, 0.2) is 17.5 Å². The number of benzene rings is 1. The van der Waals surface area contributed by atoms with Crippen LogP contribution in [0.4, 0.5) is 4.39 Å². The molecular formula is C22H32FIN4O2. The highest BCUT2D eigenvalue weighted by molar-refractivity contribution is 14.0. The van der Waals surface area contributed by atoms with E-state index >= 15 is 0 Å². The molecule has 0 amide bonds. The molecule has 1 saturated carbocycles. The average Bonchev–Trinajstić information content (AvgIpc) is 3.48. The molecule has 1 aliphatic rings. The molecule has 0 radical (unpaired) electrons. The lowest BCUT2D eigenvalue weighted by Crippen LogP contribution is -2.39. The first-order chi connectivity index (χ1) is 14.0. The first kappa shape index (κ1) is 24.4. The van der Waals surface area contributed by atoms with E-state index in [2.05, 4.69) is 20.8 Å². The van der Waals surface area contributed by atoms with Crippen LogP contribution in [-0.4, -0.2) is 31.3 Å². The third kappa shape index (κ3) is 6.85. The Bertz CT molecular complexity index is 832. The number of nitrogens with one attached hydrogen (secondary N) is 2. The van der Waals surface area contributed by atoms with E-state index in [0.29, 0.717) is 24.2 Å². The zero-order chi connectivity index (χ0) is 20.8. The summed E-state index contributed by atoms with van der Waals surface area (Å²) in [5.41, 5.74) is 2.97. The Kier molecular flexibility index (Phi) is 9.38. The van der Waals surface area contributed by atoms with Crippen molar-refractivity contribution in [2.45, 2.75) is 52.5 Å². The SMILES string of the molecule is CN=C(NCCCc1c(C)noc1C)NC(C)c1ccc(OCC2CC2)c(F)c1.I. The summed E-state index contributed by atoms with van der Waals surface area (Å²) < 4.78 is 25.1. The van der Waals surface area contributed by atoms with Crippen LogP contribution in [0.1, 0.15) is 54.8 Å². The molecule has 1 aliphatic carbocycles. The number of aromatic nitrogens is 1. The number of aryl methyl sites for hydroxylation is 2. The van der Waals surface area contributed by atoms with Crippen LogP contribution < -0.4 is 15.4 Å². The Labute approximate surface area is 195 Å². The fourth-order valence-electron chi connectivity index (χ4n) is 3.21. The molecule has 1 aromatic carbocycles. The molecule has 6 nitrogen and oxygen atoms in total. The number of aliphatic imine (C=N–C) groups is 1. The summed E-state index contributed by atoms with van der Waals surface area (Å²) in [6.45, 7) is 7.25. The smallest absolute Gasteiger partial charge is 0.191 e. The molecule has 1 aromatic heterocycles. The molecular weight excluding hydrogens is 498 g/mol. The predicted octanol–water partition coefficient (Wildman–Crippen LogP) is 4.70. The monoisotopic (exact) mass is 530 g/mol. The van der Waals surface area contributed by atoms with E-state index in [1.54, 1.807) is 13.1 Å². The molecule has 30 heavy (non-hydrogen) atoms. The second-order valence-electron chi connectivity index (χ2n) is 7.72. The third-order valence-electron chi connectivity index (χ3n) is 5.28. The highest BCUT2D eigenvalue weighted by Gasteiger charge is 2.22. The minimum Gasteiger partial charge on any atom is -0.490 e. The molecule has 0 bridgehead atoms. The quantitative estimate of drug-likeness (QED) is 0.213. The number of halogens is 2. The van der Waals surface area contributed by atoms with Gasteiger partial charge in [-0.2, -0.15) is 0 Å². The topological polar surface area (TPSA) is 71.7 Å². The number of hydrogen-bond donors (Lipinski definition) is 2. The Morgan fingerprint density at radius 3 is 2.73 bits per heavy atom. The Hall–Kier alpha value is -1.84. The fourth-order valence-corrected chi connectivity index (χ4v) is 3.21. The van der Waals surface area contributed by atoms with Crippen molar-refractivity contribution in [2.24, 2.45) is 10.9 Å². The van der Waals surface area contributed by atoms with E-state index in [9.17, 15) is 4.39 Å². The number of guanidine groups is 1. The van der Waals surface area contributed by atoms with Gasteiger partial charge in [-0.3, -0.25) is 4.99 Å². The molecule has 1 heterocycles. The Morgan fingerprint density at radius 1 is 1.37 bits per heavy atom. The van der Waals surface area contributed by atoms with Gasteiger partial charge in [-0.15, -0.1) is 24.0 Å². The number of ether oxygens (including phenoxy) is 1. The maximum Gasteiger partial charge on any atom is 0.191 e. The molecule has 1 fully saturated rings. The van der Waals surface area contributed by atoms with Gasteiger partial charge >= 0.3 is 0 Å². The molecule has 166 valence electrons. The maximum absolute atomic E-state index is 14.3. The van der Waals surface area contributed by atoms with E-state index in [4.69, 9.17) is 9.26 Å². The highest BCUT2D eigenvalue weighted by atomic mass is 127. The molecule has 2 N–H and O–H groups in total. The van der Waals surface area contributed by atoms with Gasteiger partial charge in [-0.25, -0.2) is 4.39 Å². The van der Waals surface area contributed by atoms with Crippen molar-refractivity contribution in [3.05, 3.63) is 46.6 Å². The number of rotatable bonds is 9. The Morgan fingerprint density at radius 2 is 2.13 bits per heavy atom. The molecule has 3 rings (SSSR count). The van der Waals surface area contributed by atoms with E-state index in [1.807, 2.05) is 26.8 Å². The largest absolute Gasteiger partial charge is 0.490 e. The van der Waals surface area contributed by atoms with Gasteiger partial charge in [-0.05, 0) is 70.1 Å². The molecule has 2 aromatic rings. The van der Waals surface area contributed by atoms with E-state index < -0.39 is 0 Å². The summed E-state index contributed by atoms with van der Waals surface area (Å²) >= 11 is 0. The van der Waals surface area contributed by atoms with Crippen LogP contribution in [0.5, 0.6) is 5.75 Å². The van der Waals surface area contributed by atoms with Crippen molar-refractivity contribution >= 4 is 29.9 Å². The van der Waals surface area contributed by atoms with Crippen molar-refractivity contribution in [1.29, 1.82) is 0 Å². The van der Waals surface area contributed by atoms with E-state index in [-0.39, 0.29) is 35.8 Å². The summed E-state index contributed by atoms with van der Waals surface area (Å²) in [4.78, 5) is 4.26. The normalized spacial score (nSPS) is 14.8. The van der Waals surface area contributed by atoms with Crippen LogP contribution >= 0.6 is 24.0 Å². The lowest BCUT2D eigenvalue weighted by molar-refractivity contribution is 0.285. The zero-order valence-electron chi connectivity index (χ0n) is 18.1. The van der Waals surface area contributed by atoms with Crippen molar-refractivity contribution in [1.82, 2.24) is 15.8 Å². The molecule has 8 heteroatoms. The van der Waals surface area contributed by atoms with Gasteiger partial charge in [-0.1, -0.05) is 11.2 Å². The van der Waals surface area contributed by atoms with Gasteiger partial charge in [0.05, 0.1) is 18.3 Å². The van der Waals surface area contributed by atoms with Crippen LogP contribution in [0.2, 0.25) is 0 Å². The predicted molar refractivity (Wildman–Crippen MR) is 127 cm³/mol. The lowest BCUT2D eigenvalue weighted by atomic mass is 10.1. The van der Waals surface area contributed by atoms with Crippen molar-refractivity contribution in [3.8, 4) is 5.75 Å². The first-order valence-electron chi connectivity index (χ1n) is 10.3. The summed E-state index contributed by atoms with van der Waals surface area (Å²) in [6, 6.07) is 5.05. The summed E-state index contributed by atoms with van der Waals surface area (Å²) in [7, 11) is 1.73. The van der Waals surface area contributed by atoms with E-state index in [0.717, 1.165) is 36.4 Å². The maximum atomic E-state index is 14.3. The molecule has 0 saturated heterocycles. The molecule has 1 unspecified atom stereocenters. The van der Waals surface area contributed by atoms with Crippen LogP contribution in [-0.2, 0) is 6.42 Å². The van der Waals surface area contributed by atoms with Gasteiger partial charge in [0.2, 0.25) is 0 Å². The average molecular weight is 530 g/mol. The molecule has 1 atom stereocenters. The summed E-state index contributed by atoms with van der Waals surface area (Å²) in [5, 5.41) is 10.6. The van der Waals surface area contributed by atoms with Crippen LogP contribution in [0.3, 0.4) is 0 Å². The van der Waals surface area contributed by atoms with Gasteiger partial charge in [0.25, 0.3) is 0 Å².